The zero-order chi connectivity index (χ0) is 8.23. The minimum atomic E-state index is 0.962. The molecule has 1 radical (unpaired) electrons. The van der Waals surface area contributed by atoms with E-state index >= 15 is 0 Å². The van der Waals surface area contributed by atoms with Gasteiger partial charge < -0.3 is 4.42 Å². The lowest BCUT2D eigenvalue weighted by molar-refractivity contribution is 0.205. The largest absolute Gasteiger partial charge is 0.456 e. The summed E-state index contributed by atoms with van der Waals surface area (Å²) >= 11 is 0. The van der Waals surface area contributed by atoms with Crippen LogP contribution in [0.5, 0.6) is 0 Å². The first-order valence-electron chi connectivity index (χ1n) is 4.62. The average molecular weight is 164 g/mol. The first-order valence-corrected chi connectivity index (χ1v) is 4.62. The third-order valence-corrected chi connectivity index (χ3v) is 2.36. The number of rotatable bonds is 2. The van der Waals surface area contributed by atoms with E-state index in [0.29, 0.717) is 0 Å². The summed E-state index contributed by atoms with van der Waals surface area (Å²) in [6.07, 6.45) is 6.78. The molecule has 12 heavy (non-hydrogen) atoms. The molecule has 0 saturated carbocycles. The van der Waals surface area contributed by atoms with Gasteiger partial charge in [-0.1, -0.05) is 6.42 Å². The van der Waals surface area contributed by atoms with Crippen LogP contribution in [0.1, 0.15) is 25.0 Å². The van der Waals surface area contributed by atoms with Crippen LogP contribution in [0.4, 0.5) is 0 Å². The molecule has 1 aromatic heterocycles. The van der Waals surface area contributed by atoms with E-state index in [1.54, 1.807) is 0 Å². The van der Waals surface area contributed by atoms with E-state index in [4.69, 9.17) is 4.42 Å². The van der Waals surface area contributed by atoms with Crippen LogP contribution in [0.15, 0.2) is 16.5 Å². The third kappa shape index (κ3) is 1.89. The number of hydrogen-bond acceptors (Lipinski definition) is 2. The van der Waals surface area contributed by atoms with Gasteiger partial charge in [0.05, 0.1) is 6.54 Å². The Balaban J connectivity index is 1.86. The molecule has 2 heteroatoms. The zero-order valence-corrected chi connectivity index (χ0v) is 7.25. The lowest BCUT2D eigenvalue weighted by atomic mass is 10.1. The molecule has 1 aliphatic rings. The van der Waals surface area contributed by atoms with Crippen molar-refractivity contribution in [1.82, 2.24) is 4.90 Å². The molecule has 0 aromatic carbocycles. The Kier molecular flexibility index (Phi) is 2.47. The van der Waals surface area contributed by atoms with Gasteiger partial charge in [-0.3, -0.25) is 4.90 Å². The lowest BCUT2D eigenvalue weighted by Crippen LogP contribution is -2.28. The van der Waals surface area contributed by atoms with Crippen molar-refractivity contribution in [2.24, 2.45) is 0 Å². The van der Waals surface area contributed by atoms with Crippen LogP contribution in [-0.4, -0.2) is 18.0 Å². The molecule has 0 N–H and O–H groups in total. The van der Waals surface area contributed by atoms with Crippen LogP contribution < -0.4 is 0 Å². The van der Waals surface area contributed by atoms with Gasteiger partial charge in [0.2, 0.25) is 0 Å². The maximum absolute atomic E-state index is 5.17. The molecule has 1 aliphatic heterocycles. The topological polar surface area (TPSA) is 16.4 Å². The fourth-order valence-electron chi connectivity index (χ4n) is 1.69. The van der Waals surface area contributed by atoms with Gasteiger partial charge >= 0.3 is 0 Å². The van der Waals surface area contributed by atoms with E-state index in [-0.39, 0.29) is 0 Å². The third-order valence-electron chi connectivity index (χ3n) is 2.36. The van der Waals surface area contributed by atoms with E-state index in [2.05, 4.69) is 11.2 Å². The van der Waals surface area contributed by atoms with E-state index in [0.717, 1.165) is 12.3 Å². The monoisotopic (exact) mass is 164 g/mol. The average Bonchev–Trinajstić information content (AvgIpc) is 2.59. The predicted molar refractivity (Wildman–Crippen MR) is 46.7 cm³/mol. The van der Waals surface area contributed by atoms with Gasteiger partial charge in [-0.15, -0.1) is 0 Å². The van der Waals surface area contributed by atoms with E-state index in [9.17, 15) is 0 Å². The molecule has 1 aromatic rings. The van der Waals surface area contributed by atoms with Crippen molar-refractivity contribution in [3.05, 3.63) is 24.2 Å². The van der Waals surface area contributed by atoms with Crippen LogP contribution in [-0.2, 0) is 6.54 Å². The fraction of sp³-hybridized carbons (Fsp3) is 0.600. The van der Waals surface area contributed by atoms with Crippen molar-refractivity contribution in [3.63, 3.8) is 0 Å². The molecule has 2 heterocycles. The van der Waals surface area contributed by atoms with Crippen molar-refractivity contribution in [1.29, 1.82) is 0 Å². The van der Waals surface area contributed by atoms with Crippen LogP contribution in [0.3, 0.4) is 0 Å². The normalized spacial score (nSPS) is 19.7. The highest BCUT2D eigenvalue weighted by atomic mass is 16.3. The van der Waals surface area contributed by atoms with Crippen molar-refractivity contribution in [2.45, 2.75) is 25.8 Å². The maximum Gasteiger partial charge on any atom is 0.169 e. The van der Waals surface area contributed by atoms with Gasteiger partial charge in [-0.2, -0.15) is 0 Å². The smallest absolute Gasteiger partial charge is 0.169 e. The van der Waals surface area contributed by atoms with Crippen LogP contribution >= 0.6 is 0 Å². The Morgan fingerprint density at radius 1 is 1.33 bits per heavy atom. The molecular formula is C10H14NO. The Hall–Kier alpha value is -0.760. The summed E-state index contributed by atoms with van der Waals surface area (Å²) in [5.41, 5.74) is 0. The predicted octanol–water partition coefficient (Wildman–Crippen LogP) is 2.07. The molecule has 0 bridgehead atoms. The summed E-state index contributed by atoms with van der Waals surface area (Å²) in [5, 5.41) is 0. The Morgan fingerprint density at radius 2 is 2.17 bits per heavy atom. The van der Waals surface area contributed by atoms with Crippen molar-refractivity contribution >= 4 is 0 Å². The number of likely N-dealkylation sites (tertiary alicyclic amines) is 1. The molecule has 0 aliphatic carbocycles. The van der Waals surface area contributed by atoms with Crippen LogP contribution in [0.2, 0.25) is 0 Å². The van der Waals surface area contributed by atoms with E-state index in [1.807, 2.05) is 12.1 Å². The summed E-state index contributed by atoms with van der Waals surface area (Å²) < 4.78 is 5.17. The van der Waals surface area contributed by atoms with Crippen molar-refractivity contribution < 1.29 is 4.42 Å². The van der Waals surface area contributed by atoms with Gasteiger partial charge in [-0.25, -0.2) is 0 Å². The molecule has 0 atom stereocenters. The quantitative estimate of drug-likeness (QED) is 0.665. The minimum absolute atomic E-state index is 0.962. The van der Waals surface area contributed by atoms with E-state index < -0.39 is 0 Å². The highest BCUT2D eigenvalue weighted by Gasteiger charge is 2.10. The molecule has 2 rings (SSSR count). The summed E-state index contributed by atoms with van der Waals surface area (Å²) in [4.78, 5) is 2.44. The highest BCUT2D eigenvalue weighted by molar-refractivity contribution is 4.97. The minimum Gasteiger partial charge on any atom is -0.456 e. The number of furan rings is 1. The van der Waals surface area contributed by atoms with Gasteiger partial charge in [0.25, 0.3) is 0 Å². The molecule has 0 unspecified atom stereocenters. The first-order chi connectivity index (χ1) is 5.95. The van der Waals surface area contributed by atoms with Gasteiger partial charge in [0.15, 0.2) is 6.26 Å². The summed E-state index contributed by atoms with van der Waals surface area (Å²) in [7, 11) is 0. The van der Waals surface area contributed by atoms with Crippen molar-refractivity contribution in [3.8, 4) is 0 Å². The van der Waals surface area contributed by atoms with Gasteiger partial charge in [0.1, 0.15) is 5.76 Å². The Labute approximate surface area is 73.2 Å². The van der Waals surface area contributed by atoms with E-state index in [1.165, 1.54) is 32.4 Å². The second kappa shape index (κ2) is 3.76. The zero-order valence-electron chi connectivity index (χ0n) is 7.25. The van der Waals surface area contributed by atoms with Gasteiger partial charge in [0, 0.05) is 0 Å². The molecule has 1 saturated heterocycles. The highest BCUT2D eigenvalue weighted by Crippen LogP contribution is 2.12. The molecule has 2 nitrogen and oxygen atoms in total. The van der Waals surface area contributed by atoms with Crippen LogP contribution in [0.25, 0.3) is 0 Å². The van der Waals surface area contributed by atoms with Gasteiger partial charge in [-0.05, 0) is 38.1 Å². The Morgan fingerprint density at radius 3 is 2.83 bits per heavy atom. The van der Waals surface area contributed by atoms with Crippen molar-refractivity contribution in [2.75, 3.05) is 13.1 Å². The summed E-state index contributed by atoms with van der Waals surface area (Å²) in [5.74, 6) is 1.04. The fourth-order valence-corrected chi connectivity index (χ4v) is 1.69. The molecule has 0 amide bonds. The number of hydrogen-bond donors (Lipinski definition) is 0. The molecule has 0 spiro atoms. The maximum atomic E-state index is 5.17. The first kappa shape index (κ1) is 7.87. The standard InChI is InChI=1S/C10H14NO/c1-2-6-11(7-3-1)9-10-5-4-8-12-10/h4-5H,1-3,6-7,9H2. The second-order valence-electron chi connectivity index (χ2n) is 3.36. The molecular weight excluding hydrogens is 150 g/mol. The molecule has 1 fully saturated rings. The van der Waals surface area contributed by atoms with Crippen LogP contribution in [0, 0.1) is 6.26 Å². The number of piperidine rings is 1. The lowest BCUT2D eigenvalue weighted by Gasteiger charge is -2.25. The summed E-state index contributed by atoms with van der Waals surface area (Å²) in [6.45, 7) is 3.41. The second-order valence-corrected chi connectivity index (χ2v) is 3.36. The molecule has 65 valence electrons. The number of nitrogens with zero attached hydrogens (tertiary/aromatic N) is 1. The SMILES string of the molecule is [c]1ccc(CN2CCCCC2)o1. The Bertz CT molecular complexity index is 212. The summed E-state index contributed by atoms with van der Waals surface area (Å²) in [6, 6.07) is 3.83.